The molecule has 0 spiro atoms. The van der Waals surface area contributed by atoms with Crippen molar-refractivity contribution in [2.75, 3.05) is 7.11 Å². The van der Waals surface area contributed by atoms with Gasteiger partial charge in [-0.05, 0) is 42.5 Å². The Labute approximate surface area is 129 Å². The molecule has 0 bridgehead atoms. The van der Waals surface area contributed by atoms with Crippen molar-refractivity contribution in [3.63, 3.8) is 0 Å². The number of halogens is 1. The molecular weight excluding hydrogens is 371 g/mol. The monoisotopic (exact) mass is 384 g/mol. The summed E-state index contributed by atoms with van der Waals surface area (Å²) < 4.78 is 11.7. The molecular formula is C14H13IN2O3. The van der Waals surface area contributed by atoms with Crippen LogP contribution in [0.3, 0.4) is 0 Å². The van der Waals surface area contributed by atoms with Crippen LogP contribution in [-0.2, 0) is 10.3 Å². The highest BCUT2D eigenvalue weighted by Gasteiger charge is 2.38. The summed E-state index contributed by atoms with van der Waals surface area (Å²) in [5.74, 6) is 0.328. The van der Waals surface area contributed by atoms with Gasteiger partial charge in [-0.2, -0.15) is 0 Å². The van der Waals surface area contributed by atoms with Crippen molar-refractivity contribution in [2.45, 2.75) is 19.4 Å². The molecule has 0 unspecified atom stereocenters. The molecule has 1 N–H and O–H groups in total. The van der Waals surface area contributed by atoms with Gasteiger partial charge in [-0.25, -0.2) is 4.79 Å². The highest BCUT2D eigenvalue weighted by Crippen LogP contribution is 2.46. The molecule has 3 rings (SSSR count). The maximum atomic E-state index is 11.9. The van der Waals surface area contributed by atoms with Gasteiger partial charge in [0.05, 0.1) is 22.6 Å². The average molecular weight is 384 g/mol. The fourth-order valence-electron chi connectivity index (χ4n) is 2.48. The number of H-pyrrole nitrogens is 1. The van der Waals surface area contributed by atoms with Gasteiger partial charge in [0.2, 0.25) is 0 Å². The molecule has 0 saturated heterocycles. The number of ether oxygens (including phenoxy) is 2. The van der Waals surface area contributed by atoms with E-state index >= 15 is 0 Å². The second-order valence-electron chi connectivity index (χ2n) is 5.04. The molecule has 0 atom stereocenters. The van der Waals surface area contributed by atoms with Crippen LogP contribution in [0.1, 0.15) is 29.9 Å². The van der Waals surface area contributed by atoms with Crippen molar-refractivity contribution in [3.05, 3.63) is 33.3 Å². The maximum absolute atomic E-state index is 11.9. The topological polar surface area (TPSA) is 64.2 Å². The Hall–Kier alpha value is -1.57. The highest BCUT2D eigenvalue weighted by molar-refractivity contribution is 14.1. The van der Waals surface area contributed by atoms with E-state index in [4.69, 9.17) is 9.47 Å². The van der Waals surface area contributed by atoms with E-state index in [9.17, 15) is 4.79 Å². The van der Waals surface area contributed by atoms with Gasteiger partial charge in [-0.1, -0.05) is 0 Å². The molecule has 6 heteroatoms. The first kappa shape index (κ1) is 13.4. The van der Waals surface area contributed by atoms with Gasteiger partial charge in [0.25, 0.3) is 0 Å². The molecule has 2 aromatic heterocycles. The van der Waals surface area contributed by atoms with Crippen LogP contribution in [-0.4, -0.2) is 23.0 Å². The fraction of sp³-hybridized carbons (Fsp3) is 0.286. The minimum absolute atomic E-state index is 0.379. The van der Waals surface area contributed by atoms with E-state index in [2.05, 4.69) is 32.6 Å². The van der Waals surface area contributed by atoms with E-state index in [1.54, 1.807) is 12.4 Å². The summed E-state index contributed by atoms with van der Waals surface area (Å²) >= 11 is 2.15. The summed E-state index contributed by atoms with van der Waals surface area (Å²) in [5, 5.41) is 0. The first-order valence-electron chi connectivity index (χ1n) is 6.09. The van der Waals surface area contributed by atoms with Crippen LogP contribution in [0.2, 0.25) is 0 Å². The zero-order valence-corrected chi connectivity index (χ0v) is 13.4. The van der Waals surface area contributed by atoms with Crippen molar-refractivity contribution in [3.8, 4) is 17.0 Å². The second kappa shape index (κ2) is 4.47. The Morgan fingerprint density at radius 3 is 2.95 bits per heavy atom. The predicted octanol–water partition coefficient (Wildman–Crippen LogP) is 3.10. The first-order chi connectivity index (χ1) is 9.45. The van der Waals surface area contributed by atoms with Crippen LogP contribution in [0.4, 0.5) is 0 Å². The van der Waals surface area contributed by atoms with E-state index in [1.165, 1.54) is 7.11 Å². The van der Waals surface area contributed by atoms with Crippen LogP contribution in [0.25, 0.3) is 11.3 Å². The molecule has 0 amide bonds. The smallest absolute Gasteiger partial charge is 0.355 e. The van der Waals surface area contributed by atoms with E-state index in [0.717, 1.165) is 20.4 Å². The summed E-state index contributed by atoms with van der Waals surface area (Å²) in [4.78, 5) is 19.1. The van der Waals surface area contributed by atoms with Crippen LogP contribution in [0, 0.1) is 3.57 Å². The predicted molar refractivity (Wildman–Crippen MR) is 81.7 cm³/mol. The van der Waals surface area contributed by atoms with Crippen molar-refractivity contribution in [1.82, 2.24) is 9.97 Å². The molecule has 0 aromatic carbocycles. The minimum atomic E-state index is -0.537. The number of pyridine rings is 1. The quantitative estimate of drug-likeness (QED) is 0.606. The number of fused-ring (bicyclic) bond motifs is 3. The van der Waals surface area contributed by atoms with Crippen LogP contribution >= 0.6 is 22.6 Å². The number of esters is 1. The van der Waals surface area contributed by atoms with Crippen molar-refractivity contribution >= 4 is 28.6 Å². The van der Waals surface area contributed by atoms with Crippen molar-refractivity contribution < 1.29 is 14.3 Å². The molecule has 1 aliphatic heterocycles. The number of carbonyl (C=O) groups is 1. The number of aromatic amines is 1. The van der Waals surface area contributed by atoms with Gasteiger partial charge in [0.1, 0.15) is 17.0 Å². The van der Waals surface area contributed by atoms with E-state index < -0.39 is 5.60 Å². The average Bonchev–Trinajstić information content (AvgIpc) is 2.76. The third-order valence-electron chi connectivity index (χ3n) is 3.35. The van der Waals surface area contributed by atoms with Gasteiger partial charge in [0.15, 0.2) is 0 Å². The second-order valence-corrected chi connectivity index (χ2v) is 6.12. The maximum Gasteiger partial charge on any atom is 0.355 e. The number of hydrogen-bond donors (Lipinski definition) is 1. The van der Waals surface area contributed by atoms with Crippen LogP contribution < -0.4 is 4.74 Å². The van der Waals surface area contributed by atoms with E-state index in [1.807, 2.05) is 19.9 Å². The Balaban J connectivity index is 2.31. The van der Waals surface area contributed by atoms with Gasteiger partial charge in [0, 0.05) is 17.3 Å². The molecule has 0 aliphatic carbocycles. The Kier molecular flexibility index (Phi) is 3.00. The molecule has 2 aromatic rings. The van der Waals surface area contributed by atoms with Crippen LogP contribution in [0.15, 0.2) is 18.5 Å². The van der Waals surface area contributed by atoms with Gasteiger partial charge in [-0.3, -0.25) is 4.98 Å². The lowest BCUT2D eigenvalue weighted by Gasteiger charge is -2.32. The summed E-state index contributed by atoms with van der Waals surface area (Å²) in [6.45, 7) is 3.94. The van der Waals surface area contributed by atoms with E-state index in [0.29, 0.717) is 11.4 Å². The molecule has 3 heterocycles. The number of nitrogens with one attached hydrogen (secondary N) is 1. The van der Waals surface area contributed by atoms with Gasteiger partial charge in [-0.15, -0.1) is 0 Å². The minimum Gasteiger partial charge on any atom is -0.481 e. The van der Waals surface area contributed by atoms with E-state index in [-0.39, 0.29) is 5.97 Å². The number of hydrogen-bond acceptors (Lipinski definition) is 4. The summed E-state index contributed by atoms with van der Waals surface area (Å²) in [5.41, 5.74) is 2.69. The molecule has 104 valence electrons. The zero-order valence-electron chi connectivity index (χ0n) is 11.3. The van der Waals surface area contributed by atoms with Crippen molar-refractivity contribution in [2.24, 2.45) is 0 Å². The number of aromatic nitrogens is 2. The van der Waals surface area contributed by atoms with Gasteiger partial charge < -0.3 is 14.5 Å². The molecule has 0 saturated carbocycles. The number of rotatable bonds is 1. The first-order valence-corrected chi connectivity index (χ1v) is 7.17. The lowest BCUT2D eigenvalue weighted by Crippen LogP contribution is -2.29. The molecule has 0 fully saturated rings. The largest absolute Gasteiger partial charge is 0.481 e. The molecule has 20 heavy (non-hydrogen) atoms. The third-order valence-corrected chi connectivity index (χ3v) is 4.43. The fourth-order valence-corrected chi connectivity index (χ4v) is 3.76. The Morgan fingerprint density at radius 2 is 2.25 bits per heavy atom. The standard InChI is InChI=1S/C14H13IN2O3/c1-14(2)9-10(15)12(13(18)19-3)17-11(9)7-4-5-16-6-8(7)20-14/h4-6,17H,1-3H3. The molecule has 5 nitrogen and oxygen atoms in total. The Morgan fingerprint density at radius 1 is 1.50 bits per heavy atom. The number of carbonyl (C=O) groups excluding carboxylic acids is 1. The summed E-state index contributed by atoms with van der Waals surface area (Å²) in [7, 11) is 1.37. The normalized spacial score (nSPS) is 15.0. The highest BCUT2D eigenvalue weighted by atomic mass is 127. The van der Waals surface area contributed by atoms with Gasteiger partial charge >= 0.3 is 5.97 Å². The Bertz CT molecular complexity index is 706. The third kappa shape index (κ3) is 1.81. The SMILES string of the molecule is COC(=O)c1[nH]c2c(c1I)C(C)(C)Oc1cnccc1-2. The lowest BCUT2D eigenvalue weighted by molar-refractivity contribution is 0.0593. The summed E-state index contributed by atoms with van der Waals surface area (Å²) in [6, 6.07) is 1.87. The summed E-state index contributed by atoms with van der Waals surface area (Å²) in [6.07, 6.45) is 3.39. The number of nitrogens with zero attached hydrogens (tertiary/aromatic N) is 1. The van der Waals surface area contributed by atoms with Crippen LogP contribution in [0.5, 0.6) is 5.75 Å². The molecule has 0 radical (unpaired) electrons. The van der Waals surface area contributed by atoms with Crippen molar-refractivity contribution in [1.29, 1.82) is 0 Å². The lowest BCUT2D eigenvalue weighted by atomic mass is 9.92. The zero-order chi connectivity index (χ0) is 14.5. The number of methoxy groups -OCH3 is 1. The molecule has 1 aliphatic rings.